The second-order valence-electron chi connectivity index (χ2n) is 4.81. The minimum atomic E-state index is -0.802. The van der Waals surface area contributed by atoms with E-state index in [1.54, 1.807) is 0 Å². The van der Waals surface area contributed by atoms with Gasteiger partial charge < -0.3 is 9.67 Å². The lowest BCUT2D eigenvalue weighted by atomic mass is 10.2. The molecule has 1 unspecified atom stereocenters. The number of rotatable bonds is 5. The SMILES string of the molecule is O=C(O)CSc1nc2ccccc2n1CC1CCCS1. The van der Waals surface area contributed by atoms with Gasteiger partial charge in [0.1, 0.15) is 0 Å². The first-order valence-electron chi connectivity index (χ1n) is 6.65. The van der Waals surface area contributed by atoms with Crippen molar-refractivity contribution in [1.29, 1.82) is 0 Å². The van der Waals surface area contributed by atoms with E-state index in [1.165, 1.54) is 30.4 Å². The molecule has 1 fully saturated rings. The van der Waals surface area contributed by atoms with E-state index in [0.29, 0.717) is 5.25 Å². The van der Waals surface area contributed by atoms with Crippen LogP contribution in [0.2, 0.25) is 0 Å². The molecule has 2 aromatic rings. The summed E-state index contributed by atoms with van der Waals surface area (Å²) >= 11 is 3.32. The number of aromatic nitrogens is 2. The average molecular weight is 308 g/mol. The molecule has 3 rings (SSSR count). The van der Waals surface area contributed by atoms with Gasteiger partial charge in [-0.2, -0.15) is 11.8 Å². The van der Waals surface area contributed by atoms with Gasteiger partial charge in [0.15, 0.2) is 5.16 Å². The number of benzene rings is 1. The molecule has 1 aromatic heterocycles. The number of hydrogen-bond donors (Lipinski definition) is 1. The van der Waals surface area contributed by atoms with Gasteiger partial charge in [-0.3, -0.25) is 4.79 Å². The average Bonchev–Trinajstić information content (AvgIpc) is 3.05. The molecule has 0 amide bonds. The third kappa shape index (κ3) is 2.96. The lowest BCUT2D eigenvalue weighted by Crippen LogP contribution is -2.11. The highest BCUT2D eigenvalue weighted by Gasteiger charge is 2.20. The fourth-order valence-corrected chi connectivity index (χ4v) is 4.46. The molecule has 0 bridgehead atoms. The summed E-state index contributed by atoms with van der Waals surface area (Å²) in [5, 5.41) is 10.3. The molecule has 6 heteroatoms. The smallest absolute Gasteiger partial charge is 0.313 e. The highest BCUT2D eigenvalue weighted by molar-refractivity contribution is 8.00. The summed E-state index contributed by atoms with van der Waals surface area (Å²) in [5.74, 6) is 0.486. The number of nitrogens with zero attached hydrogens (tertiary/aromatic N) is 2. The molecule has 1 aliphatic heterocycles. The fourth-order valence-electron chi connectivity index (χ4n) is 2.46. The van der Waals surface area contributed by atoms with Crippen molar-refractivity contribution < 1.29 is 9.90 Å². The van der Waals surface area contributed by atoms with Gasteiger partial charge in [0.05, 0.1) is 16.8 Å². The molecule has 1 N–H and O–H groups in total. The minimum absolute atomic E-state index is 0.0567. The van der Waals surface area contributed by atoms with E-state index in [2.05, 4.69) is 15.6 Å². The lowest BCUT2D eigenvalue weighted by Gasteiger charge is -2.13. The first kappa shape index (κ1) is 13.8. The van der Waals surface area contributed by atoms with Crippen LogP contribution in [0.3, 0.4) is 0 Å². The summed E-state index contributed by atoms with van der Waals surface area (Å²) < 4.78 is 2.19. The Hall–Kier alpha value is -1.14. The number of carbonyl (C=O) groups is 1. The van der Waals surface area contributed by atoms with Crippen molar-refractivity contribution in [2.45, 2.75) is 29.8 Å². The van der Waals surface area contributed by atoms with Gasteiger partial charge in [0.25, 0.3) is 0 Å². The maximum absolute atomic E-state index is 10.8. The Labute approximate surface area is 126 Å². The van der Waals surface area contributed by atoms with Crippen molar-refractivity contribution in [3.63, 3.8) is 0 Å². The van der Waals surface area contributed by atoms with Crippen LogP contribution in [0.25, 0.3) is 11.0 Å². The van der Waals surface area contributed by atoms with Crippen LogP contribution in [-0.4, -0.2) is 37.4 Å². The maximum Gasteiger partial charge on any atom is 0.313 e. The zero-order chi connectivity index (χ0) is 13.9. The molecule has 0 spiro atoms. The monoisotopic (exact) mass is 308 g/mol. The molecule has 4 nitrogen and oxygen atoms in total. The van der Waals surface area contributed by atoms with Crippen molar-refractivity contribution in [2.24, 2.45) is 0 Å². The summed E-state index contributed by atoms with van der Waals surface area (Å²) in [6, 6.07) is 8.02. The van der Waals surface area contributed by atoms with Crippen LogP contribution in [0.1, 0.15) is 12.8 Å². The van der Waals surface area contributed by atoms with Crippen LogP contribution in [-0.2, 0) is 11.3 Å². The quantitative estimate of drug-likeness (QED) is 0.860. The van der Waals surface area contributed by atoms with Crippen LogP contribution in [0.4, 0.5) is 0 Å². The van der Waals surface area contributed by atoms with Crippen LogP contribution in [0, 0.1) is 0 Å². The maximum atomic E-state index is 10.8. The van der Waals surface area contributed by atoms with Gasteiger partial charge in [-0.1, -0.05) is 23.9 Å². The van der Waals surface area contributed by atoms with Crippen molar-refractivity contribution in [1.82, 2.24) is 9.55 Å². The number of carboxylic acids is 1. The normalized spacial score (nSPS) is 18.7. The summed E-state index contributed by atoms with van der Waals surface area (Å²) in [7, 11) is 0. The number of carboxylic acid groups (broad SMARTS) is 1. The number of fused-ring (bicyclic) bond motifs is 1. The Morgan fingerprint density at radius 1 is 1.50 bits per heavy atom. The summed E-state index contributed by atoms with van der Waals surface area (Å²) in [5.41, 5.74) is 2.05. The van der Waals surface area contributed by atoms with Crippen LogP contribution in [0.15, 0.2) is 29.4 Å². The Balaban J connectivity index is 1.91. The molecule has 1 saturated heterocycles. The largest absolute Gasteiger partial charge is 0.481 e. The second-order valence-corrected chi connectivity index (χ2v) is 7.16. The van der Waals surface area contributed by atoms with E-state index in [4.69, 9.17) is 5.11 Å². The molecule has 2 heterocycles. The van der Waals surface area contributed by atoms with Crippen molar-refractivity contribution in [2.75, 3.05) is 11.5 Å². The fraction of sp³-hybridized carbons (Fsp3) is 0.429. The number of thioether (sulfide) groups is 2. The molecule has 0 radical (unpaired) electrons. The van der Waals surface area contributed by atoms with Gasteiger partial charge >= 0.3 is 5.97 Å². The second kappa shape index (κ2) is 6.10. The number of imidazole rings is 1. The van der Waals surface area contributed by atoms with Crippen LogP contribution < -0.4 is 0 Å². The molecule has 1 aromatic carbocycles. The highest BCUT2D eigenvalue weighted by atomic mass is 32.2. The molecule has 0 aliphatic carbocycles. The Bertz CT molecular complexity index is 621. The Morgan fingerprint density at radius 3 is 3.10 bits per heavy atom. The van der Waals surface area contributed by atoms with Gasteiger partial charge in [-0.15, -0.1) is 0 Å². The van der Waals surface area contributed by atoms with Crippen LogP contribution in [0.5, 0.6) is 0 Å². The first-order chi connectivity index (χ1) is 9.74. The first-order valence-corrected chi connectivity index (χ1v) is 8.69. The molecule has 20 heavy (non-hydrogen) atoms. The van der Waals surface area contributed by atoms with Crippen molar-refractivity contribution in [3.05, 3.63) is 24.3 Å². The predicted octanol–water partition coefficient (Wildman–Crippen LogP) is 3.11. The molecular weight excluding hydrogens is 292 g/mol. The zero-order valence-corrected chi connectivity index (χ0v) is 12.6. The lowest BCUT2D eigenvalue weighted by molar-refractivity contribution is -0.133. The van der Waals surface area contributed by atoms with Crippen molar-refractivity contribution in [3.8, 4) is 0 Å². The molecular formula is C14H16N2O2S2. The van der Waals surface area contributed by atoms with Gasteiger partial charge in [-0.25, -0.2) is 4.98 Å². The van der Waals surface area contributed by atoms with Crippen molar-refractivity contribution >= 4 is 40.5 Å². The van der Waals surface area contributed by atoms with E-state index in [1.807, 2.05) is 30.0 Å². The molecule has 0 saturated carbocycles. The van der Waals surface area contributed by atoms with Gasteiger partial charge in [0.2, 0.25) is 0 Å². The molecule has 1 atom stereocenters. The van der Waals surface area contributed by atoms with Crippen LogP contribution >= 0.6 is 23.5 Å². The van der Waals surface area contributed by atoms with E-state index in [-0.39, 0.29) is 5.75 Å². The standard InChI is InChI=1S/C14H16N2O2S2/c17-13(18)9-20-14-15-11-5-1-2-6-12(11)16(14)8-10-4-3-7-19-10/h1-2,5-6,10H,3-4,7-9H2,(H,17,18). The number of aliphatic carboxylic acids is 1. The molecule has 1 aliphatic rings. The third-order valence-corrected chi connectivity index (χ3v) is 5.70. The zero-order valence-electron chi connectivity index (χ0n) is 11.0. The van der Waals surface area contributed by atoms with E-state index >= 15 is 0 Å². The summed E-state index contributed by atoms with van der Waals surface area (Å²) in [6.07, 6.45) is 2.51. The number of para-hydroxylation sites is 2. The predicted molar refractivity (Wildman–Crippen MR) is 83.6 cm³/mol. The third-order valence-electron chi connectivity index (χ3n) is 3.35. The van der Waals surface area contributed by atoms with Gasteiger partial charge in [-0.05, 0) is 30.7 Å². The van der Waals surface area contributed by atoms with E-state index in [9.17, 15) is 4.79 Å². The van der Waals surface area contributed by atoms with E-state index in [0.717, 1.165) is 22.7 Å². The molecule has 106 valence electrons. The summed E-state index contributed by atoms with van der Waals surface area (Å²) in [6.45, 7) is 0.924. The Morgan fingerprint density at radius 2 is 2.35 bits per heavy atom. The topological polar surface area (TPSA) is 55.1 Å². The Kier molecular flexibility index (Phi) is 4.21. The summed E-state index contributed by atoms with van der Waals surface area (Å²) in [4.78, 5) is 15.4. The highest BCUT2D eigenvalue weighted by Crippen LogP contribution is 2.31. The minimum Gasteiger partial charge on any atom is -0.481 e. The van der Waals surface area contributed by atoms with Gasteiger partial charge in [0, 0.05) is 11.8 Å². The number of hydrogen-bond acceptors (Lipinski definition) is 4. The van der Waals surface area contributed by atoms with E-state index < -0.39 is 5.97 Å².